The molecule has 1 aliphatic heterocycles. The Labute approximate surface area is 244 Å². The second kappa shape index (κ2) is 27.3. The highest BCUT2D eigenvalue weighted by atomic mass is 32.2. The number of hydrogen-bond acceptors (Lipinski definition) is 5. The van der Waals surface area contributed by atoms with E-state index in [1.54, 1.807) is 11.8 Å². The van der Waals surface area contributed by atoms with Crippen LogP contribution in [0.1, 0.15) is 155 Å². The van der Waals surface area contributed by atoms with Crippen LogP contribution in [0, 0.1) is 0 Å². The molecule has 0 saturated carbocycles. The Balaban J connectivity index is 2.08. The second-order valence-electron chi connectivity index (χ2n) is 11.9. The molecule has 0 aliphatic carbocycles. The largest absolute Gasteiger partial charge is 0.355 e. The Morgan fingerprint density at radius 3 is 2.11 bits per heavy atom. The highest BCUT2D eigenvalue weighted by Gasteiger charge is 2.22. The highest BCUT2D eigenvalue weighted by molar-refractivity contribution is 8.13. The molecule has 226 valence electrons. The summed E-state index contributed by atoms with van der Waals surface area (Å²) < 4.78 is 14.7. The van der Waals surface area contributed by atoms with Crippen LogP contribution in [-0.2, 0) is 14.3 Å². The summed E-state index contributed by atoms with van der Waals surface area (Å²) in [4.78, 5) is 12.3. The molecule has 0 radical (unpaired) electrons. The maximum absolute atomic E-state index is 12.3. The van der Waals surface area contributed by atoms with Gasteiger partial charge in [-0.1, -0.05) is 122 Å². The van der Waals surface area contributed by atoms with Crippen LogP contribution in [0.15, 0.2) is 0 Å². The van der Waals surface area contributed by atoms with E-state index in [-0.39, 0.29) is 9.68 Å². The molecule has 1 heterocycles. The number of carbonyl (C=O) groups excluding carboxylic acids is 1. The monoisotopic (exact) mass is 571 g/mol. The lowest BCUT2D eigenvalue weighted by Crippen LogP contribution is -2.33. The van der Waals surface area contributed by atoms with E-state index >= 15 is 0 Å². The summed E-state index contributed by atoms with van der Waals surface area (Å²) in [6.07, 6.45) is 28.2. The van der Waals surface area contributed by atoms with E-state index in [2.05, 4.69) is 25.5 Å². The third-order valence-electron chi connectivity index (χ3n) is 8.02. The van der Waals surface area contributed by atoms with Gasteiger partial charge in [-0.3, -0.25) is 4.79 Å². The molecule has 0 aromatic heterocycles. The van der Waals surface area contributed by atoms with Crippen molar-refractivity contribution in [2.45, 2.75) is 167 Å². The first-order valence-electron chi connectivity index (χ1n) is 16.7. The second-order valence-corrected chi connectivity index (χ2v) is 15.6. The van der Waals surface area contributed by atoms with Crippen LogP contribution in [0.2, 0.25) is 5.54 Å². The van der Waals surface area contributed by atoms with E-state index in [1.165, 1.54) is 122 Å². The SMILES string of the molecule is CCCCCCCCCCCC(=O)SCCCC1CC(OCOCCCCCCCCC)CCCN(C)[SiH2]1. The number of hydrogen-bond donors (Lipinski definition) is 0. The summed E-state index contributed by atoms with van der Waals surface area (Å²) in [6, 6.07) is 0. The summed E-state index contributed by atoms with van der Waals surface area (Å²) in [5.41, 5.74) is 0.793. The fraction of sp³-hybridized carbons (Fsp3) is 0.969. The predicted octanol–water partition coefficient (Wildman–Crippen LogP) is 9.05. The van der Waals surface area contributed by atoms with E-state index in [9.17, 15) is 4.79 Å². The molecule has 1 rings (SSSR count). The first-order chi connectivity index (χ1) is 18.7. The van der Waals surface area contributed by atoms with Crippen LogP contribution in [0.3, 0.4) is 0 Å². The van der Waals surface area contributed by atoms with Gasteiger partial charge in [-0.15, -0.1) is 0 Å². The van der Waals surface area contributed by atoms with Crippen LogP contribution in [-0.4, -0.2) is 58.2 Å². The molecular weight excluding hydrogens is 507 g/mol. The Morgan fingerprint density at radius 1 is 0.842 bits per heavy atom. The molecular formula is C32H65NO3SSi. The van der Waals surface area contributed by atoms with Crippen LogP contribution >= 0.6 is 11.8 Å². The van der Waals surface area contributed by atoms with E-state index in [0.717, 1.165) is 43.6 Å². The van der Waals surface area contributed by atoms with Gasteiger partial charge in [0, 0.05) is 18.8 Å². The Hall–Kier alpha value is 0.117. The van der Waals surface area contributed by atoms with Crippen LogP contribution in [0.4, 0.5) is 0 Å². The zero-order valence-electron chi connectivity index (χ0n) is 25.8. The topological polar surface area (TPSA) is 38.8 Å². The van der Waals surface area contributed by atoms with Gasteiger partial charge in [-0.05, 0) is 57.7 Å². The minimum atomic E-state index is -0.249. The van der Waals surface area contributed by atoms with Gasteiger partial charge in [-0.25, -0.2) is 0 Å². The zero-order chi connectivity index (χ0) is 27.5. The maximum atomic E-state index is 12.3. The molecule has 1 fully saturated rings. The molecule has 0 spiro atoms. The normalized spacial score (nSPS) is 19.6. The molecule has 6 heteroatoms. The van der Waals surface area contributed by atoms with E-state index in [0.29, 0.717) is 18.0 Å². The first-order valence-corrected chi connectivity index (χ1v) is 19.1. The molecule has 0 aromatic rings. The van der Waals surface area contributed by atoms with Gasteiger partial charge in [0.05, 0.1) is 15.8 Å². The summed E-state index contributed by atoms with van der Waals surface area (Å²) in [5.74, 6) is 0.998. The molecule has 38 heavy (non-hydrogen) atoms. The van der Waals surface area contributed by atoms with Crippen molar-refractivity contribution in [1.82, 2.24) is 4.57 Å². The van der Waals surface area contributed by atoms with Gasteiger partial charge in [0.1, 0.15) is 6.79 Å². The highest BCUT2D eigenvalue weighted by Crippen LogP contribution is 2.27. The lowest BCUT2D eigenvalue weighted by Gasteiger charge is -2.30. The maximum Gasteiger partial charge on any atom is 0.188 e. The molecule has 0 amide bonds. The smallest absolute Gasteiger partial charge is 0.188 e. The minimum Gasteiger partial charge on any atom is -0.355 e. The lowest BCUT2D eigenvalue weighted by molar-refractivity contribution is -0.111. The molecule has 2 atom stereocenters. The van der Waals surface area contributed by atoms with Crippen molar-refractivity contribution in [3.63, 3.8) is 0 Å². The number of unbranched alkanes of at least 4 members (excludes halogenated alkanes) is 14. The average Bonchev–Trinajstić information content (AvgIpc) is 2.89. The standard InChI is InChI=1S/C32H65NO3SSi/c1-4-6-8-10-12-13-14-16-18-24-32(34)37-27-21-23-31-28-30(22-20-25-33(3)38-31)36-29-35-26-19-17-15-11-9-7-5-2/h30-31H,4-29,38H2,1-3H3. The van der Waals surface area contributed by atoms with Gasteiger partial charge < -0.3 is 14.0 Å². The van der Waals surface area contributed by atoms with Crippen molar-refractivity contribution in [3.8, 4) is 0 Å². The van der Waals surface area contributed by atoms with Crippen molar-refractivity contribution in [2.24, 2.45) is 0 Å². The minimum absolute atomic E-state index is 0.249. The van der Waals surface area contributed by atoms with Crippen molar-refractivity contribution in [2.75, 3.05) is 32.7 Å². The number of ether oxygens (including phenoxy) is 2. The molecule has 0 bridgehead atoms. The van der Waals surface area contributed by atoms with E-state index in [1.807, 2.05) is 0 Å². The number of thioether (sulfide) groups is 1. The van der Waals surface area contributed by atoms with E-state index < -0.39 is 0 Å². The third kappa shape index (κ3) is 22.9. The van der Waals surface area contributed by atoms with Crippen molar-refractivity contribution >= 4 is 26.6 Å². The summed E-state index contributed by atoms with van der Waals surface area (Å²) >= 11 is 1.59. The summed E-state index contributed by atoms with van der Waals surface area (Å²) in [6.45, 7) is 7.07. The molecule has 2 unspecified atom stereocenters. The van der Waals surface area contributed by atoms with Crippen LogP contribution in [0.25, 0.3) is 0 Å². The molecule has 1 saturated heterocycles. The average molecular weight is 572 g/mol. The third-order valence-corrected chi connectivity index (χ3v) is 11.2. The molecule has 1 aliphatic rings. The molecule has 0 N–H and O–H groups in total. The Morgan fingerprint density at radius 2 is 1.45 bits per heavy atom. The fourth-order valence-corrected chi connectivity index (χ4v) is 8.73. The van der Waals surface area contributed by atoms with Crippen LogP contribution in [0.5, 0.6) is 0 Å². The van der Waals surface area contributed by atoms with Gasteiger partial charge >= 0.3 is 0 Å². The van der Waals surface area contributed by atoms with Gasteiger partial charge in [0.2, 0.25) is 0 Å². The van der Waals surface area contributed by atoms with Crippen molar-refractivity contribution in [1.29, 1.82) is 0 Å². The summed E-state index contributed by atoms with van der Waals surface area (Å²) in [5, 5.41) is 0.416. The first kappa shape index (κ1) is 36.1. The molecule has 4 nitrogen and oxygen atoms in total. The quantitative estimate of drug-likeness (QED) is 0.0621. The van der Waals surface area contributed by atoms with Crippen molar-refractivity contribution in [3.05, 3.63) is 0 Å². The number of nitrogens with zero attached hydrogens (tertiary/aromatic N) is 1. The number of rotatable bonds is 25. The predicted molar refractivity (Wildman–Crippen MR) is 171 cm³/mol. The number of carbonyl (C=O) groups is 1. The van der Waals surface area contributed by atoms with Gasteiger partial charge in [0.25, 0.3) is 0 Å². The zero-order valence-corrected chi connectivity index (χ0v) is 28.1. The van der Waals surface area contributed by atoms with Gasteiger partial charge in [-0.2, -0.15) is 0 Å². The Bertz CT molecular complexity index is 525. The lowest BCUT2D eigenvalue weighted by atomic mass is 10.1. The van der Waals surface area contributed by atoms with Crippen molar-refractivity contribution < 1.29 is 14.3 Å². The van der Waals surface area contributed by atoms with Gasteiger partial charge in [0.15, 0.2) is 5.12 Å². The Kier molecular flexibility index (Phi) is 26.0. The summed E-state index contributed by atoms with van der Waals surface area (Å²) in [7, 11) is 2.07. The van der Waals surface area contributed by atoms with Crippen LogP contribution < -0.4 is 0 Å². The molecule has 0 aromatic carbocycles. The van der Waals surface area contributed by atoms with E-state index in [4.69, 9.17) is 9.47 Å². The fourth-order valence-electron chi connectivity index (χ4n) is 5.62.